The van der Waals surface area contributed by atoms with Crippen LogP contribution in [0.3, 0.4) is 0 Å². The first-order valence-corrected chi connectivity index (χ1v) is 9.39. The van der Waals surface area contributed by atoms with Gasteiger partial charge >= 0.3 is 0 Å². The lowest BCUT2D eigenvalue weighted by molar-refractivity contribution is -0.665. The van der Waals surface area contributed by atoms with Crippen LogP contribution in [0, 0.1) is 39.4 Å². The van der Waals surface area contributed by atoms with E-state index in [1.165, 1.54) is 27.7 Å². The Labute approximate surface area is 156 Å². The van der Waals surface area contributed by atoms with Crippen molar-refractivity contribution in [3.05, 3.63) is 64.1 Å². The first-order valence-electron chi connectivity index (χ1n) is 9.39. The summed E-state index contributed by atoms with van der Waals surface area (Å²) in [5.41, 5.74) is 7.32. The molecule has 0 aliphatic rings. The van der Waals surface area contributed by atoms with Gasteiger partial charge in [0.25, 0.3) is 0 Å². The zero-order valence-corrected chi connectivity index (χ0v) is 17.0. The molecule has 0 saturated carbocycles. The molecule has 0 bridgehead atoms. The van der Waals surface area contributed by atoms with E-state index < -0.39 is 0 Å². The molecule has 3 aromatic rings. The molecule has 0 spiro atoms. The van der Waals surface area contributed by atoms with E-state index in [1.807, 2.05) is 26.8 Å². The van der Waals surface area contributed by atoms with Gasteiger partial charge < -0.3 is 0 Å². The van der Waals surface area contributed by atoms with Crippen LogP contribution in [0.4, 0.5) is 4.39 Å². The van der Waals surface area contributed by atoms with Crippen molar-refractivity contribution in [2.45, 2.75) is 48.0 Å². The van der Waals surface area contributed by atoms with Gasteiger partial charge in [0, 0.05) is 13.0 Å². The van der Waals surface area contributed by atoms with Crippen LogP contribution in [0.15, 0.2) is 30.3 Å². The highest BCUT2D eigenvalue weighted by Gasteiger charge is 2.22. The largest absolute Gasteiger partial charge is 0.220 e. The molecular formula is C24H29FN+. The Morgan fingerprint density at radius 2 is 1.65 bits per heavy atom. The molecule has 0 aliphatic carbocycles. The molecule has 1 aromatic heterocycles. The lowest BCUT2D eigenvalue weighted by Gasteiger charge is -2.14. The van der Waals surface area contributed by atoms with E-state index in [4.69, 9.17) is 0 Å². The number of fused-ring (bicyclic) bond motifs is 1. The van der Waals surface area contributed by atoms with Crippen LogP contribution in [-0.2, 0) is 13.5 Å². The second kappa shape index (κ2) is 6.83. The maximum atomic E-state index is 14.3. The zero-order valence-electron chi connectivity index (χ0n) is 17.0. The molecule has 2 heteroatoms. The molecule has 0 aliphatic heterocycles. The Bertz CT molecular complexity index is 999. The lowest BCUT2D eigenvalue weighted by Crippen LogP contribution is -2.35. The Kier molecular flexibility index (Phi) is 4.88. The quantitative estimate of drug-likeness (QED) is 0.518. The number of hydrogen-bond donors (Lipinski definition) is 0. The number of aryl methyl sites for hydroxylation is 2. The molecule has 0 saturated heterocycles. The van der Waals surface area contributed by atoms with E-state index in [9.17, 15) is 4.39 Å². The number of aromatic nitrogens is 1. The molecule has 0 radical (unpaired) electrons. The summed E-state index contributed by atoms with van der Waals surface area (Å²) in [6.45, 7) is 12.4. The van der Waals surface area contributed by atoms with E-state index in [-0.39, 0.29) is 5.82 Å². The Morgan fingerprint density at radius 1 is 0.962 bits per heavy atom. The van der Waals surface area contributed by atoms with Gasteiger partial charge in [0.1, 0.15) is 12.9 Å². The van der Waals surface area contributed by atoms with Crippen molar-refractivity contribution in [2.75, 3.05) is 0 Å². The first-order chi connectivity index (χ1) is 12.2. The van der Waals surface area contributed by atoms with Crippen LogP contribution < -0.4 is 4.57 Å². The van der Waals surface area contributed by atoms with Gasteiger partial charge in [-0.2, -0.15) is 4.57 Å². The van der Waals surface area contributed by atoms with Crippen molar-refractivity contribution in [3.63, 3.8) is 0 Å². The molecule has 26 heavy (non-hydrogen) atoms. The van der Waals surface area contributed by atoms with E-state index in [1.54, 1.807) is 0 Å². The van der Waals surface area contributed by atoms with Crippen LogP contribution in [-0.4, -0.2) is 0 Å². The van der Waals surface area contributed by atoms with Crippen LogP contribution in [0.2, 0.25) is 0 Å². The number of rotatable bonds is 3. The van der Waals surface area contributed by atoms with E-state index in [0.29, 0.717) is 11.5 Å². The van der Waals surface area contributed by atoms with Gasteiger partial charge in [-0.3, -0.25) is 0 Å². The Morgan fingerprint density at radius 3 is 2.31 bits per heavy atom. The minimum atomic E-state index is -0.0925. The molecule has 136 valence electrons. The fraction of sp³-hybridized carbons (Fsp3) is 0.375. The van der Waals surface area contributed by atoms with Gasteiger partial charge in [0.15, 0.2) is 5.69 Å². The maximum Gasteiger partial charge on any atom is 0.220 e. The van der Waals surface area contributed by atoms with E-state index in [2.05, 4.69) is 56.7 Å². The van der Waals surface area contributed by atoms with Crippen LogP contribution in [0.1, 0.15) is 41.8 Å². The summed E-state index contributed by atoms with van der Waals surface area (Å²) < 4.78 is 16.6. The molecule has 0 amide bonds. The standard InChI is InChI=1S/C24H29FN/c1-14(2)10-19-8-9-21-20(13-19)12-16(4)26(7)24(21)22-11-15(3)23(25)18(6)17(22)5/h8-9,11-14H,10H2,1-7H3/q+1. The first kappa shape index (κ1) is 18.6. The SMILES string of the molecule is Cc1cc(-c2c3ccc(CC(C)C)cc3cc(C)[n+]2C)c(C)c(C)c1F. The summed E-state index contributed by atoms with van der Waals surface area (Å²) in [7, 11) is 2.10. The highest BCUT2D eigenvalue weighted by Crippen LogP contribution is 2.33. The fourth-order valence-corrected chi connectivity index (χ4v) is 3.85. The molecule has 0 N–H and O–H groups in total. The number of hydrogen-bond acceptors (Lipinski definition) is 0. The summed E-state index contributed by atoms with van der Waals surface area (Å²) in [5.74, 6) is 0.544. The van der Waals surface area contributed by atoms with Gasteiger partial charge in [-0.25, -0.2) is 4.39 Å². The van der Waals surface area contributed by atoms with Crippen molar-refractivity contribution in [1.29, 1.82) is 0 Å². The molecule has 0 atom stereocenters. The molecule has 0 fully saturated rings. The molecule has 3 rings (SSSR count). The smallest absolute Gasteiger partial charge is 0.206 e. The summed E-state index contributed by atoms with van der Waals surface area (Å²) >= 11 is 0. The highest BCUT2D eigenvalue weighted by molar-refractivity contribution is 5.94. The van der Waals surface area contributed by atoms with Crippen molar-refractivity contribution in [3.8, 4) is 11.3 Å². The molecule has 1 nitrogen and oxygen atoms in total. The third kappa shape index (κ3) is 3.13. The molecular weight excluding hydrogens is 321 g/mol. The van der Waals surface area contributed by atoms with Crippen LogP contribution in [0.5, 0.6) is 0 Å². The minimum absolute atomic E-state index is 0.0925. The normalized spacial score (nSPS) is 11.6. The number of nitrogens with zero attached hydrogens (tertiary/aromatic N) is 1. The summed E-state index contributed by atoms with van der Waals surface area (Å²) in [6, 6.07) is 11.0. The van der Waals surface area contributed by atoms with Gasteiger partial charge in [-0.15, -0.1) is 0 Å². The summed E-state index contributed by atoms with van der Waals surface area (Å²) in [6.07, 6.45) is 1.08. The zero-order chi connectivity index (χ0) is 19.2. The Hall–Kier alpha value is -2.22. The monoisotopic (exact) mass is 350 g/mol. The summed E-state index contributed by atoms with van der Waals surface area (Å²) in [4.78, 5) is 0. The highest BCUT2D eigenvalue weighted by atomic mass is 19.1. The topological polar surface area (TPSA) is 3.88 Å². The molecule has 0 unspecified atom stereocenters. The predicted molar refractivity (Wildman–Crippen MR) is 108 cm³/mol. The minimum Gasteiger partial charge on any atom is -0.206 e. The van der Waals surface area contributed by atoms with Gasteiger partial charge in [0.2, 0.25) is 5.69 Å². The second-order valence-corrected chi connectivity index (χ2v) is 8.02. The predicted octanol–water partition coefficient (Wildman–Crippen LogP) is 5.90. The third-order valence-electron chi connectivity index (χ3n) is 5.50. The van der Waals surface area contributed by atoms with Crippen LogP contribution in [0.25, 0.3) is 22.0 Å². The van der Waals surface area contributed by atoms with Crippen molar-refractivity contribution in [1.82, 2.24) is 0 Å². The Balaban J connectivity index is 2.34. The average Bonchev–Trinajstić information content (AvgIpc) is 2.57. The summed E-state index contributed by atoms with van der Waals surface area (Å²) in [5, 5.41) is 2.48. The number of benzene rings is 2. The van der Waals surface area contributed by atoms with E-state index >= 15 is 0 Å². The van der Waals surface area contributed by atoms with E-state index in [0.717, 1.165) is 23.1 Å². The lowest BCUT2D eigenvalue weighted by atomic mass is 9.92. The van der Waals surface area contributed by atoms with Crippen molar-refractivity contribution >= 4 is 10.8 Å². The molecule has 1 heterocycles. The second-order valence-electron chi connectivity index (χ2n) is 8.02. The van der Waals surface area contributed by atoms with Gasteiger partial charge in [-0.05, 0) is 72.9 Å². The maximum absolute atomic E-state index is 14.3. The van der Waals surface area contributed by atoms with Crippen LogP contribution >= 0.6 is 0 Å². The van der Waals surface area contributed by atoms with Crippen molar-refractivity contribution < 1.29 is 8.96 Å². The number of pyridine rings is 1. The van der Waals surface area contributed by atoms with Crippen molar-refractivity contribution in [2.24, 2.45) is 13.0 Å². The van der Waals surface area contributed by atoms with Gasteiger partial charge in [0.05, 0.1) is 10.9 Å². The fourth-order valence-electron chi connectivity index (χ4n) is 3.85. The molecule has 2 aromatic carbocycles. The third-order valence-corrected chi connectivity index (χ3v) is 5.50. The van der Waals surface area contributed by atoms with Gasteiger partial charge in [-0.1, -0.05) is 26.0 Å². The number of halogens is 1. The average molecular weight is 351 g/mol.